The van der Waals surface area contributed by atoms with Crippen molar-refractivity contribution in [2.75, 3.05) is 31.6 Å². The number of hydrogen-bond acceptors (Lipinski definition) is 4. The molecule has 0 unspecified atom stereocenters. The number of rotatable bonds is 5. The van der Waals surface area contributed by atoms with Crippen LogP contribution in [-0.4, -0.2) is 44.9 Å². The second-order valence-electron chi connectivity index (χ2n) is 7.39. The van der Waals surface area contributed by atoms with Crippen LogP contribution in [0.3, 0.4) is 0 Å². The smallest absolute Gasteiger partial charge is 0.255 e. The second kappa shape index (κ2) is 9.01. The van der Waals surface area contributed by atoms with E-state index in [2.05, 4.69) is 5.32 Å². The molecule has 1 fully saturated rings. The molecule has 7 heteroatoms. The van der Waals surface area contributed by atoms with Crippen LogP contribution in [0, 0.1) is 6.92 Å². The zero-order valence-electron chi connectivity index (χ0n) is 17.2. The van der Waals surface area contributed by atoms with Crippen LogP contribution in [0.1, 0.15) is 15.9 Å². The highest BCUT2D eigenvalue weighted by Crippen LogP contribution is 2.25. The predicted molar refractivity (Wildman–Crippen MR) is 121 cm³/mol. The summed E-state index contributed by atoms with van der Waals surface area (Å²) in [5.41, 5.74) is 3.86. The van der Waals surface area contributed by atoms with Crippen LogP contribution in [-0.2, 0) is 14.8 Å². The minimum atomic E-state index is -3.64. The molecule has 1 amide bonds. The largest absolute Gasteiger partial charge is 0.379 e. The normalized spacial score (nSPS) is 14.9. The van der Waals surface area contributed by atoms with Crippen LogP contribution >= 0.6 is 0 Å². The molecule has 3 aromatic carbocycles. The summed E-state index contributed by atoms with van der Waals surface area (Å²) in [6.07, 6.45) is 0. The number of nitrogens with zero attached hydrogens (tertiary/aromatic N) is 1. The highest BCUT2D eigenvalue weighted by molar-refractivity contribution is 7.89. The molecule has 4 rings (SSSR count). The molecule has 0 saturated carbocycles. The topological polar surface area (TPSA) is 75.7 Å². The summed E-state index contributed by atoms with van der Waals surface area (Å²) in [5, 5.41) is 2.85. The van der Waals surface area contributed by atoms with Gasteiger partial charge in [-0.1, -0.05) is 48.5 Å². The highest BCUT2D eigenvalue weighted by Gasteiger charge is 2.27. The molecule has 1 N–H and O–H groups in total. The van der Waals surface area contributed by atoms with E-state index in [0.717, 1.165) is 16.7 Å². The first-order chi connectivity index (χ1) is 14.9. The molecular formula is C24H24N2O4S. The Hall–Kier alpha value is -3.00. The number of hydrogen-bond donors (Lipinski definition) is 1. The Morgan fingerprint density at radius 3 is 2.23 bits per heavy atom. The summed E-state index contributed by atoms with van der Waals surface area (Å²) >= 11 is 0. The molecular weight excluding hydrogens is 412 g/mol. The molecule has 0 atom stereocenters. The van der Waals surface area contributed by atoms with Gasteiger partial charge in [0.05, 0.1) is 18.1 Å². The molecule has 0 aliphatic carbocycles. The number of anilines is 1. The molecule has 0 bridgehead atoms. The van der Waals surface area contributed by atoms with Gasteiger partial charge in [-0.15, -0.1) is 0 Å². The second-order valence-corrected chi connectivity index (χ2v) is 9.33. The summed E-state index contributed by atoms with van der Waals surface area (Å²) in [7, 11) is -3.64. The summed E-state index contributed by atoms with van der Waals surface area (Å²) < 4.78 is 32.5. The first-order valence-electron chi connectivity index (χ1n) is 10.1. The van der Waals surface area contributed by atoms with E-state index in [9.17, 15) is 13.2 Å². The van der Waals surface area contributed by atoms with Crippen LogP contribution in [0.4, 0.5) is 5.69 Å². The van der Waals surface area contributed by atoms with Crippen LogP contribution in [0.15, 0.2) is 77.7 Å². The van der Waals surface area contributed by atoms with Crippen LogP contribution in [0.5, 0.6) is 0 Å². The summed E-state index contributed by atoms with van der Waals surface area (Å²) in [5.74, 6) is -0.288. The molecule has 0 radical (unpaired) electrons. The minimum absolute atomic E-state index is 0.162. The third kappa shape index (κ3) is 4.69. The van der Waals surface area contributed by atoms with Crippen LogP contribution in [0.2, 0.25) is 0 Å². The SMILES string of the molecule is Cc1ccc(S(=O)(=O)N2CCOCC2)cc1NC(=O)c1ccc(-c2ccccc2)cc1. The van der Waals surface area contributed by atoms with Gasteiger partial charge in [0.1, 0.15) is 0 Å². The van der Waals surface area contributed by atoms with Gasteiger partial charge in [0.2, 0.25) is 10.0 Å². The fourth-order valence-electron chi connectivity index (χ4n) is 3.47. The van der Waals surface area contributed by atoms with Crippen molar-refractivity contribution in [1.29, 1.82) is 0 Å². The van der Waals surface area contributed by atoms with Crippen molar-refractivity contribution in [3.63, 3.8) is 0 Å². The molecule has 1 aliphatic heterocycles. The maximum absolute atomic E-state index is 12.9. The Bertz CT molecular complexity index is 1170. The molecule has 1 aliphatic rings. The first kappa shape index (κ1) is 21.2. The van der Waals surface area contributed by atoms with Crippen LogP contribution in [0.25, 0.3) is 11.1 Å². The van der Waals surface area contributed by atoms with Gasteiger partial charge in [0.15, 0.2) is 0 Å². The molecule has 6 nitrogen and oxygen atoms in total. The van der Waals surface area contributed by atoms with Crippen molar-refractivity contribution < 1.29 is 17.9 Å². The molecule has 31 heavy (non-hydrogen) atoms. The van der Waals surface area contributed by atoms with E-state index < -0.39 is 10.0 Å². The number of carbonyl (C=O) groups is 1. The molecule has 1 saturated heterocycles. The van der Waals surface area contributed by atoms with Gasteiger partial charge in [-0.25, -0.2) is 8.42 Å². The van der Waals surface area contributed by atoms with E-state index in [1.54, 1.807) is 24.3 Å². The van der Waals surface area contributed by atoms with Crippen LogP contribution < -0.4 is 5.32 Å². The van der Waals surface area contributed by atoms with Gasteiger partial charge >= 0.3 is 0 Å². The maximum Gasteiger partial charge on any atom is 0.255 e. The van der Waals surface area contributed by atoms with Crippen molar-refractivity contribution in [3.8, 4) is 11.1 Å². The lowest BCUT2D eigenvalue weighted by molar-refractivity contribution is 0.0730. The van der Waals surface area contributed by atoms with Gasteiger partial charge in [0, 0.05) is 24.3 Å². The zero-order chi connectivity index (χ0) is 21.8. The Morgan fingerprint density at radius 2 is 1.55 bits per heavy atom. The third-order valence-corrected chi connectivity index (χ3v) is 7.21. The number of aryl methyl sites for hydroxylation is 1. The van der Waals surface area contributed by atoms with Gasteiger partial charge in [-0.2, -0.15) is 4.31 Å². The minimum Gasteiger partial charge on any atom is -0.379 e. The number of morpholine rings is 1. The van der Waals surface area contributed by atoms with Crippen molar-refractivity contribution in [1.82, 2.24) is 4.31 Å². The summed E-state index contributed by atoms with van der Waals surface area (Å²) in [6, 6.07) is 22.1. The Kier molecular flexibility index (Phi) is 6.18. The van der Waals surface area contributed by atoms with Crippen molar-refractivity contribution in [3.05, 3.63) is 83.9 Å². The van der Waals surface area contributed by atoms with E-state index in [4.69, 9.17) is 4.74 Å². The van der Waals surface area contributed by atoms with Gasteiger partial charge < -0.3 is 10.1 Å². The van der Waals surface area contributed by atoms with Gasteiger partial charge in [0.25, 0.3) is 5.91 Å². The molecule has 0 spiro atoms. The van der Waals surface area contributed by atoms with E-state index in [0.29, 0.717) is 37.6 Å². The quantitative estimate of drug-likeness (QED) is 0.657. The summed E-state index contributed by atoms with van der Waals surface area (Å²) in [4.78, 5) is 13.0. The van der Waals surface area contributed by atoms with Crippen molar-refractivity contribution in [2.45, 2.75) is 11.8 Å². The highest BCUT2D eigenvalue weighted by atomic mass is 32.2. The van der Waals surface area contributed by atoms with E-state index >= 15 is 0 Å². The third-order valence-electron chi connectivity index (χ3n) is 5.32. The lowest BCUT2D eigenvalue weighted by Gasteiger charge is -2.26. The number of ether oxygens (including phenoxy) is 1. The zero-order valence-corrected chi connectivity index (χ0v) is 18.1. The Balaban J connectivity index is 1.53. The average molecular weight is 437 g/mol. The molecule has 0 aromatic heterocycles. The number of benzene rings is 3. The average Bonchev–Trinajstić information content (AvgIpc) is 2.81. The van der Waals surface area contributed by atoms with E-state index in [-0.39, 0.29) is 10.8 Å². The van der Waals surface area contributed by atoms with Crippen molar-refractivity contribution in [2.24, 2.45) is 0 Å². The predicted octanol–water partition coefficient (Wildman–Crippen LogP) is 3.94. The fourth-order valence-corrected chi connectivity index (χ4v) is 4.91. The van der Waals surface area contributed by atoms with Gasteiger partial charge in [-0.3, -0.25) is 4.79 Å². The van der Waals surface area contributed by atoms with E-state index in [1.807, 2.05) is 49.4 Å². The number of amides is 1. The standard InChI is InChI=1S/C24H24N2O4S/c1-18-7-12-22(31(28,29)26-13-15-30-16-14-26)17-23(18)25-24(27)21-10-8-20(9-11-21)19-5-3-2-4-6-19/h2-12,17H,13-16H2,1H3,(H,25,27). The maximum atomic E-state index is 12.9. The molecule has 1 heterocycles. The summed E-state index contributed by atoms with van der Waals surface area (Å²) in [6.45, 7) is 3.25. The Labute approximate surface area is 182 Å². The Morgan fingerprint density at radius 1 is 0.903 bits per heavy atom. The lowest BCUT2D eigenvalue weighted by atomic mass is 10.0. The number of nitrogens with one attached hydrogen (secondary N) is 1. The molecule has 3 aromatic rings. The lowest BCUT2D eigenvalue weighted by Crippen LogP contribution is -2.40. The molecule has 160 valence electrons. The van der Waals surface area contributed by atoms with Gasteiger partial charge in [-0.05, 0) is 47.9 Å². The van der Waals surface area contributed by atoms with E-state index in [1.165, 1.54) is 10.4 Å². The monoisotopic (exact) mass is 436 g/mol. The number of sulfonamides is 1. The fraction of sp³-hybridized carbons (Fsp3) is 0.208. The number of carbonyl (C=O) groups excluding carboxylic acids is 1. The van der Waals surface area contributed by atoms with Crippen molar-refractivity contribution >= 4 is 21.6 Å². The first-order valence-corrected chi connectivity index (χ1v) is 11.5.